The second-order valence-corrected chi connectivity index (χ2v) is 8.17. The highest BCUT2D eigenvalue weighted by Gasteiger charge is 2.21. The summed E-state index contributed by atoms with van der Waals surface area (Å²) in [7, 11) is -3.55. The normalized spacial score (nSPS) is 11.4. The number of hydrogen-bond acceptors (Lipinski definition) is 5. The second kappa shape index (κ2) is 9.16. The summed E-state index contributed by atoms with van der Waals surface area (Å²) in [6.07, 6.45) is 0. The van der Waals surface area contributed by atoms with Gasteiger partial charge >= 0.3 is 0 Å². The molecule has 2 N–H and O–H groups in total. The molecule has 0 fully saturated rings. The van der Waals surface area contributed by atoms with Crippen LogP contribution in [-0.2, 0) is 14.8 Å². The second-order valence-electron chi connectivity index (χ2n) is 5.45. The van der Waals surface area contributed by atoms with Crippen molar-refractivity contribution in [3.8, 4) is 0 Å². The third-order valence-corrected chi connectivity index (χ3v) is 6.18. The number of carbonyl (C=O) groups is 2. The van der Waals surface area contributed by atoms with E-state index in [1.165, 1.54) is 34.6 Å². The van der Waals surface area contributed by atoms with Crippen LogP contribution in [0.25, 0.3) is 0 Å². The molecule has 0 aliphatic rings. The molecular formula is C17H20BrN3O5S. The van der Waals surface area contributed by atoms with E-state index in [0.29, 0.717) is 23.4 Å². The van der Waals surface area contributed by atoms with Gasteiger partial charge in [-0.2, -0.15) is 4.31 Å². The molecule has 2 rings (SSSR count). The number of benzene rings is 1. The fourth-order valence-corrected chi connectivity index (χ4v) is 4.08. The van der Waals surface area contributed by atoms with Crippen LogP contribution in [0.5, 0.6) is 0 Å². The molecule has 0 unspecified atom stereocenters. The van der Waals surface area contributed by atoms with Crippen LogP contribution < -0.4 is 10.6 Å². The molecule has 0 radical (unpaired) electrons. The Morgan fingerprint density at radius 2 is 1.70 bits per heavy atom. The van der Waals surface area contributed by atoms with Gasteiger partial charge in [0.05, 0.1) is 11.4 Å². The zero-order valence-corrected chi connectivity index (χ0v) is 17.3. The fourth-order valence-electron chi connectivity index (χ4n) is 2.31. The van der Waals surface area contributed by atoms with Gasteiger partial charge < -0.3 is 15.1 Å². The number of furan rings is 1. The smallest absolute Gasteiger partial charge is 0.287 e. The standard InChI is InChI=1S/C17H20BrN3O5S/c1-3-21(4-2)27(24,25)13-7-5-12(6-8-13)20-16(22)11-19-17(23)14-9-10-15(18)26-14/h5-10H,3-4,11H2,1-2H3,(H,19,23)(H,20,22). The molecule has 1 aromatic heterocycles. The van der Waals surface area contributed by atoms with Gasteiger partial charge in [0.15, 0.2) is 10.4 Å². The SMILES string of the molecule is CCN(CC)S(=O)(=O)c1ccc(NC(=O)CNC(=O)c2ccc(Br)o2)cc1. The van der Waals surface area contributed by atoms with Crippen molar-refractivity contribution in [1.82, 2.24) is 9.62 Å². The van der Waals surface area contributed by atoms with E-state index in [9.17, 15) is 18.0 Å². The first kappa shape index (κ1) is 21.1. The molecule has 0 aliphatic carbocycles. The lowest BCUT2D eigenvalue weighted by molar-refractivity contribution is -0.115. The highest BCUT2D eigenvalue weighted by Crippen LogP contribution is 2.18. The summed E-state index contributed by atoms with van der Waals surface area (Å²) in [5, 5.41) is 5.02. The van der Waals surface area contributed by atoms with Gasteiger partial charge in [0.2, 0.25) is 15.9 Å². The summed E-state index contributed by atoms with van der Waals surface area (Å²) in [6.45, 7) is 4.04. The predicted octanol–water partition coefficient (Wildman–Crippen LogP) is 2.44. The molecule has 0 saturated heterocycles. The van der Waals surface area contributed by atoms with Crippen LogP contribution in [0.2, 0.25) is 0 Å². The highest BCUT2D eigenvalue weighted by molar-refractivity contribution is 9.10. The van der Waals surface area contributed by atoms with Crippen LogP contribution in [0.15, 0.2) is 50.4 Å². The Morgan fingerprint density at radius 3 is 2.22 bits per heavy atom. The van der Waals surface area contributed by atoms with Crippen LogP contribution in [0.3, 0.4) is 0 Å². The number of carbonyl (C=O) groups excluding carboxylic acids is 2. The van der Waals surface area contributed by atoms with Crippen LogP contribution in [-0.4, -0.2) is 44.2 Å². The number of rotatable bonds is 8. The third-order valence-electron chi connectivity index (χ3n) is 3.69. The monoisotopic (exact) mass is 457 g/mol. The van der Waals surface area contributed by atoms with Crippen molar-refractivity contribution in [2.24, 2.45) is 0 Å². The van der Waals surface area contributed by atoms with E-state index < -0.39 is 21.8 Å². The molecule has 0 spiro atoms. The van der Waals surface area contributed by atoms with Crippen molar-refractivity contribution < 1.29 is 22.4 Å². The molecule has 8 nitrogen and oxygen atoms in total. The average molecular weight is 458 g/mol. The van der Waals surface area contributed by atoms with Gasteiger partial charge in [0, 0.05) is 18.8 Å². The molecule has 2 aromatic rings. The summed E-state index contributed by atoms with van der Waals surface area (Å²) in [4.78, 5) is 23.9. The summed E-state index contributed by atoms with van der Waals surface area (Å²) < 4.78 is 31.7. The van der Waals surface area contributed by atoms with Gasteiger partial charge in [-0.25, -0.2) is 8.42 Å². The quantitative estimate of drug-likeness (QED) is 0.632. The van der Waals surface area contributed by atoms with Crippen molar-refractivity contribution in [2.45, 2.75) is 18.7 Å². The number of hydrogen-bond donors (Lipinski definition) is 2. The third kappa shape index (κ3) is 5.41. The molecule has 1 aromatic carbocycles. The van der Waals surface area contributed by atoms with Crippen LogP contribution >= 0.6 is 15.9 Å². The average Bonchev–Trinajstić information content (AvgIpc) is 3.07. The minimum Gasteiger partial charge on any atom is -0.444 e. The van der Waals surface area contributed by atoms with E-state index in [4.69, 9.17) is 4.42 Å². The molecule has 146 valence electrons. The molecule has 10 heteroatoms. The van der Waals surface area contributed by atoms with E-state index in [0.717, 1.165) is 0 Å². The van der Waals surface area contributed by atoms with E-state index in [-0.39, 0.29) is 17.2 Å². The predicted molar refractivity (Wildman–Crippen MR) is 104 cm³/mol. The van der Waals surface area contributed by atoms with Crippen LogP contribution in [0.1, 0.15) is 24.4 Å². The van der Waals surface area contributed by atoms with Gasteiger partial charge in [-0.1, -0.05) is 13.8 Å². The van der Waals surface area contributed by atoms with E-state index >= 15 is 0 Å². The van der Waals surface area contributed by atoms with Gasteiger partial charge in [0.25, 0.3) is 5.91 Å². The maximum Gasteiger partial charge on any atom is 0.287 e. The van der Waals surface area contributed by atoms with Crippen molar-refractivity contribution in [2.75, 3.05) is 25.0 Å². The number of nitrogens with zero attached hydrogens (tertiary/aromatic N) is 1. The summed E-state index contributed by atoms with van der Waals surface area (Å²) in [5.41, 5.74) is 0.425. The van der Waals surface area contributed by atoms with Crippen LogP contribution in [0.4, 0.5) is 5.69 Å². The summed E-state index contributed by atoms with van der Waals surface area (Å²) in [6, 6.07) is 8.92. The Kier molecular flexibility index (Phi) is 7.17. The molecule has 2 amide bonds. The highest BCUT2D eigenvalue weighted by atomic mass is 79.9. The van der Waals surface area contributed by atoms with Gasteiger partial charge in [-0.3, -0.25) is 9.59 Å². The molecular weight excluding hydrogens is 438 g/mol. The van der Waals surface area contributed by atoms with Gasteiger partial charge in [-0.15, -0.1) is 0 Å². The fraction of sp³-hybridized carbons (Fsp3) is 0.294. The molecule has 1 heterocycles. The van der Waals surface area contributed by atoms with E-state index in [1.807, 2.05) is 0 Å². The number of halogens is 1. The number of anilines is 1. The minimum absolute atomic E-state index is 0.0839. The lowest BCUT2D eigenvalue weighted by Gasteiger charge is -2.18. The van der Waals surface area contributed by atoms with E-state index in [2.05, 4.69) is 26.6 Å². The maximum absolute atomic E-state index is 12.4. The first-order valence-electron chi connectivity index (χ1n) is 8.21. The lowest BCUT2D eigenvalue weighted by atomic mass is 10.3. The first-order chi connectivity index (χ1) is 12.8. The Bertz CT molecular complexity index is 905. The van der Waals surface area contributed by atoms with Gasteiger partial charge in [-0.05, 0) is 52.3 Å². The van der Waals surface area contributed by atoms with Crippen molar-refractivity contribution in [1.29, 1.82) is 0 Å². The molecule has 0 aliphatic heterocycles. The molecule has 0 atom stereocenters. The zero-order valence-electron chi connectivity index (χ0n) is 14.9. The largest absolute Gasteiger partial charge is 0.444 e. The van der Waals surface area contributed by atoms with Crippen molar-refractivity contribution in [3.63, 3.8) is 0 Å². The Labute approximate surface area is 166 Å². The number of nitrogens with one attached hydrogen (secondary N) is 2. The summed E-state index contributed by atoms with van der Waals surface area (Å²) >= 11 is 3.09. The molecule has 0 bridgehead atoms. The number of amides is 2. The lowest BCUT2D eigenvalue weighted by Crippen LogP contribution is -2.32. The first-order valence-corrected chi connectivity index (χ1v) is 10.4. The summed E-state index contributed by atoms with van der Waals surface area (Å²) in [5.74, 6) is -0.884. The van der Waals surface area contributed by atoms with Crippen LogP contribution in [0, 0.1) is 0 Å². The van der Waals surface area contributed by atoms with E-state index in [1.54, 1.807) is 19.9 Å². The minimum atomic E-state index is -3.55. The van der Waals surface area contributed by atoms with Gasteiger partial charge in [0.1, 0.15) is 0 Å². The van der Waals surface area contributed by atoms with Crippen molar-refractivity contribution >= 4 is 43.5 Å². The Balaban J connectivity index is 1.94. The maximum atomic E-state index is 12.4. The van der Waals surface area contributed by atoms with Crippen molar-refractivity contribution in [3.05, 3.63) is 46.8 Å². The molecule has 0 saturated carbocycles. The Hall–Kier alpha value is -2.17. The zero-order chi connectivity index (χ0) is 20.0. The molecule has 27 heavy (non-hydrogen) atoms. The topological polar surface area (TPSA) is 109 Å². The Morgan fingerprint density at radius 1 is 1.07 bits per heavy atom. The number of sulfonamides is 1.